The van der Waals surface area contributed by atoms with Gasteiger partial charge in [0, 0.05) is 54.2 Å². The standard InChI is InChI=1S/C62H34O4/c1-2-12-35(13-3-1)36-26-28-37(29-27-36)56-40-18-8-16-38(42-20-10-22-46-59-54(65-61(42)46)32-30-52-57(59)44-14-4-6-24-50(44)63-52)48(40)34-49-39(17-9-19-41(49)56)43-21-11-23-47-60-55(66-62(43)47)33-31-53-58(60)45-15-5-7-25-51(45)64-53/h1-34H. The Morgan fingerprint density at radius 2 is 0.591 bits per heavy atom. The molecule has 4 nitrogen and oxygen atoms in total. The summed E-state index contributed by atoms with van der Waals surface area (Å²) < 4.78 is 26.6. The van der Waals surface area contributed by atoms with Crippen LogP contribution in [0.15, 0.2) is 224 Å². The van der Waals surface area contributed by atoms with Crippen LogP contribution in [0, 0.1) is 0 Å². The lowest BCUT2D eigenvalue weighted by Crippen LogP contribution is -1.91. The molecule has 11 aromatic carbocycles. The summed E-state index contributed by atoms with van der Waals surface area (Å²) in [7, 11) is 0. The zero-order valence-corrected chi connectivity index (χ0v) is 35.3. The molecule has 15 rings (SSSR count). The van der Waals surface area contributed by atoms with Gasteiger partial charge in [-0.3, -0.25) is 0 Å². The van der Waals surface area contributed by atoms with Crippen molar-refractivity contribution in [2.24, 2.45) is 0 Å². The Hall–Kier alpha value is -8.86. The Morgan fingerprint density at radius 3 is 1.11 bits per heavy atom. The van der Waals surface area contributed by atoms with Gasteiger partial charge < -0.3 is 17.7 Å². The molecule has 0 radical (unpaired) electrons. The zero-order chi connectivity index (χ0) is 43.0. The van der Waals surface area contributed by atoms with Gasteiger partial charge in [-0.2, -0.15) is 0 Å². The Labute approximate surface area is 376 Å². The smallest absolute Gasteiger partial charge is 0.143 e. The number of para-hydroxylation sites is 4. The minimum absolute atomic E-state index is 0.836. The third-order valence-corrected chi connectivity index (χ3v) is 13.9. The van der Waals surface area contributed by atoms with E-state index in [1.165, 1.54) is 16.7 Å². The molecule has 0 unspecified atom stereocenters. The molecule has 306 valence electrons. The molecule has 0 fully saturated rings. The SMILES string of the molecule is c1ccc(-c2ccc(-c3c4cccc(-c5cccc6c5oc5ccc7oc8ccccc8c7c56)c4cc4c(-c5cccc6c5oc5ccc7oc8ccccc8c7c56)cccc34)cc2)cc1. The maximum Gasteiger partial charge on any atom is 0.143 e. The van der Waals surface area contributed by atoms with Crippen LogP contribution in [-0.2, 0) is 0 Å². The van der Waals surface area contributed by atoms with E-state index in [2.05, 4.69) is 158 Å². The number of rotatable bonds is 4. The van der Waals surface area contributed by atoms with Gasteiger partial charge in [0.15, 0.2) is 0 Å². The topological polar surface area (TPSA) is 52.6 Å². The van der Waals surface area contributed by atoms with E-state index in [0.717, 1.165) is 137 Å². The highest BCUT2D eigenvalue weighted by atomic mass is 16.3. The van der Waals surface area contributed by atoms with E-state index in [1.54, 1.807) is 0 Å². The first-order valence-electron chi connectivity index (χ1n) is 22.4. The lowest BCUT2D eigenvalue weighted by Gasteiger charge is -2.18. The maximum atomic E-state index is 6.93. The monoisotopic (exact) mass is 842 g/mol. The van der Waals surface area contributed by atoms with E-state index in [4.69, 9.17) is 17.7 Å². The predicted molar refractivity (Wildman–Crippen MR) is 272 cm³/mol. The van der Waals surface area contributed by atoms with Crippen LogP contribution in [0.4, 0.5) is 0 Å². The van der Waals surface area contributed by atoms with Gasteiger partial charge in [0.1, 0.15) is 44.7 Å². The van der Waals surface area contributed by atoms with Crippen LogP contribution in [0.1, 0.15) is 0 Å². The molecule has 4 heterocycles. The highest BCUT2D eigenvalue weighted by Gasteiger charge is 2.23. The van der Waals surface area contributed by atoms with Gasteiger partial charge in [-0.25, -0.2) is 0 Å². The average Bonchev–Trinajstić information content (AvgIpc) is 4.15. The third-order valence-electron chi connectivity index (χ3n) is 13.9. The van der Waals surface area contributed by atoms with E-state index >= 15 is 0 Å². The van der Waals surface area contributed by atoms with Crippen molar-refractivity contribution in [1.82, 2.24) is 0 Å². The molecule has 0 bridgehead atoms. The van der Waals surface area contributed by atoms with Gasteiger partial charge in [-0.05, 0) is 97.4 Å². The Balaban J connectivity index is 1.02. The average molecular weight is 843 g/mol. The highest BCUT2D eigenvalue weighted by Crippen LogP contribution is 2.49. The van der Waals surface area contributed by atoms with Crippen LogP contribution < -0.4 is 0 Å². The number of furan rings is 4. The van der Waals surface area contributed by atoms with Crippen LogP contribution in [0.25, 0.3) is 154 Å². The molecule has 0 spiro atoms. The molecule has 4 heteroatoms. The van der Waals surface area contributed by atoms with E-state index in [1.807, 2.05) is 48.5 Å². The van der Waals surface area contributed by atoms with E-state index in [0.29, 0.717) is 0 Å². The molecule has 0 N–H and O–H groups in total. The summed E-state index contributed by atoms with van der Waals surface area (Å²) >= 11 is 0. The number of hydrogen-bond acceptors (Lipinski definition) is 4. The second-order valence-corrected chi connectivity index (χ2v) is 17.4. The molecule has 0 aliphatic carbocycles. The third kappa shape index (κ3) is 4.93. The van der Waals surface area contributed by atoms with Gasteiger partial charge in [0.05, 0.1) is 0 Å². The van der Waals surface area contributed by atoms with Crippen molar-refractivity contribution in [3.8, 4) is 44.5 Å². The molecule has 66 heavy (non-hydrogen) atoms. The van der Waals surface area contributed by atoms with Gasteiger partial charge in [0.25, 0.3) is 0 Å². The van der Waals surface area contributed by atoms with E-state index in [-0.39, 0.29) is 0 Å². The molecule has 4 aromatic heterocycles. The van der Waals surface area contributed by atoms with Gasteiger partial charge in [0.2, 0.25) is 0 Å². The summed E-state index contributed by atoms with van der Waals surface area (Å²) in [6.07, 6.45) is 0. The molecule has 0 aliphatic heterocycles. The van der Waals surface area contributed by atoms with Crippen molar-refractivity contribution in [3.05, 3.63) is 206 Å². The van der Waals surface area contributed by atoms with Crippen LogP contribution in [0.5, 0.6) is 0 Å². The number of benzene rings is 11. The zero-order valence-electron chi connectivity index (χ0n) is 35.3. The van der Waals surface area contributed by atoms with Crippen LogP contribution >= 0.6 is 0 Å². The number of fused-ring (bicyclic) bond motifs is 16. The molecular weight excluding hydrogens is 809 g/mol. The van der Waals surface area contributed by atoms with Crippen molar-refractivity contribution in [2.45, 2.75) is 0 Å². The van der Waals surface area contributed by atoms with Gasteiger partial charge >= 0.3 is 0 Å². The van der Waals surface area contributed by atoms with Crippen molar-refractivity contribution < 1.29 is 17.7 Å². The van der Waals surface area contributed by atoms with Gasteiger partial charge in [-0.1, -0.05) is 164 Å². The predicted octanol–water partition coefficient (Wildman–Crippen LogP) is 18.3. The maximum absolute atomic E-state index is 6.93. The minimum atomic E-state index is 0.836. The molecule has 0 saturated carbocycles. The summed E-state index contributed by atoms with van der Waals surface area (Å²) in [6.45, 7) is 0. The molecule has 0 atom stereocenters. The molecule has 0 amide bonds. The van der Waals surface area contributed by atoms with Gasteiger partial charge in [-0.15, -0.1) is 0 Å². The van der Waals surface area contributed by atoms with Crippen molar-refractivity contribution in [2.75, 3.05) is 0 Å². The lowest BCUT2D eigenvalue weighted by molar-refractivity contribution is 0.663. The minimum Gasteiger partial charge on any atom is -0.456 e. The fraction of sp³-hybridized carbons (Fsp3) is 0. The first-order valence-corrected chi connectivity index (χ1v) is 22.4. The van der Waals surface area contributed by atoms with Crippen molar-refractivity contribution in [1.29, 1.82) is 0 Å². The lowest BCUT2D eigenvalue weighted by atomic mass is 9.85. The fourth-order valence-electron chi connectivity index (χ4n) is 11.0. The van der Waals surface area contributed by atoms with Crippen LogP contribution in [0.3, 0.4) is 0 Å². The summed E-state index contributed by atoms with van der Waals surface area (Å²) in [6, 6.07) is 73.1. The first kappa shape index (κ1) is 35.6. The van der Waals surface area contributed by atoms with E-state index in [9.17, 15) is 0 Å². The molecule has 0 aliphatic rings. The van der Waals surface area contributed by atoms with Crippen molar-refractivity contribution >= 4 is 109 Å². The van der Waals surface area contributed by atoms with Crippen LogP contribution in [-0.4, -0.2) is 0 Å². The van der Waals surface area contributed by atoms with Crippen LogP contribution in [0.2, 0.25) is 0 Å². The second kappa shape index (κ2) is 13.3. The Kier molecular flexibility index (Phi) is 7.19. The van der Waals surface area contributed by atoms with Crippen molar-refractivity contribution in [3.63, 3.8) is 0 Å². The van der Waals surface area contributed by atoms with E-state index < -0.39 is 0 Å². The Morgan fingerprint density at radius 1 is 0.212 bits per heavy atom. The fourth-order valence-corrected chi connectivity index (χ4v) is 11.0. The quantitative estimate of drug-likeness (QED) is 0.166. The largest absolute Gasteiger partial charge is 0.456 e. The highest BCUT2D eigenvalue weighted by molar-refractivity contribution is 6.29. The summed E-state index contributed by atoms with van der Waals surface area (Å²) in [4.78, 5) is 0. The number of hydrogen-bond donors (Lipinski definition) is 0. The summed E-state index contributed by atoms with van der Waals surface area (Å²) in [5, 5.41) is 13.2. The summed E-state index contributed by atoms with van der Waals surface area (Å²) in [5.74, 6) is 0. The normalized spacial score (nSPS) is 12.2. The summed E-state index contributed by atoms with van der Waals surface area (Å²) in [5.41, 5.74) is 15.8. The first-order chi connectivity index (χ1) is 32.7. The molecule has 15 aromatic rings. The Bertz CT molecular complexity index is 4260. The second-order valence-electron chi connectivity index (χ2n) is 17.4. The molecule has 0 saturated heterocycles. The molecular formula is C62H34O4.